The van der Waals surface area contributed by atoms with E-state index in [-0.39, 0.29) is 49.0 Å². The highest BCUT2D eigenvalue weighted by Crippen LogP contribution is 2.38. The number of carbonyl (C=O) groups is 1. The summed E-state index contributed by atoms with van der Waals surface area (Å²) in [7, 11) is 1.60. The third-order valence-corrected chi connectivity index (χ3v) is 4.15. The van der Waals surface area contributed by atoms with Crippen LogP contribution in [-0.4, -0.2) is 32.3 Å². The lowest BCUT2D eigenvalue weighted by atomic mass is 10.1. The van der Waals surface area contributed by atoms with Crippen molar-refractivity contribution in [3.8, 4) is 17.2 Å². The molecule has 1 amide bonds. The average molecular weight is 548 g/mol. The number of nitrogens with zero attached hydrogens (tertiary/aromatic N) is 1. The number of benzene rings is 2. The monoisotopic (exact) mass is 548 g/mol. The highest BCUT2D eigenvalue weighted by atomic mass is 127. The second kappa shape index (κ2) is 11.5. The molecule has 0 fully saturated rings. The van der Waals surface area contributed by atoms with Gasteiger partial charge in [-0.05, 0) is 23.8 Å². The number of aliphatic imine (C=N–C) groups is 1. The van der Waals surface area contributed by atoms with E-state index in [1.165, 1.54) is 13.0 Å². The first-order valence-corrected chi connectivity index (χ1v) is 9.13. The Morgan fingerprint density at radius 3 is 2.55 bits per heavy atom. The molecule has 2 aromatic carbocycles. The molecule has 0 aliphatic carbocycles. The highest BCUT2D eigenvalue weighted by Gasteiger charge is 2.20. The van der Waals surface area contributed by atoms with Crippen molar-refractivity contribution in [3.05, 3.63) is 47.5 Å². The van der Waals surface area contributed by atoms with Crippen LogP contribution in [0.5, 0.6) is 17.2 Å². The van der Waals surface area contributed by atoms with Gasteiger partial charge in [0.05, 0.1) is 0 Å². The van der Waals surface area contributed by atoms with Gasteiger partial charge in [0.25, 0.3) is 0 Å². The lowest BCUT2D eigenvalue weighted by Gasteiger charge is -2.15. The first-order chi connectivity index (χ1) is 14.4. The number of halogens is 3. The summed E-state index contributed by atoms with van der Waals surface area (Å²) in [6, 6.07) is 10.3. The van der Waals surface area contributed by atoms with Crippen LogP contribution in [0.4, 0.5) is 14.5 Å². The summed E-state index contributed by atoms with van der Waals surface area (Å²) in [6.45, 7) is -0.878. The molecule has 11 heteroatoms. The molecule has 3 N–H and O–H groups in total. The number of rotatable bonds is 7. The van der Waals surface area contributed by atoms with Gasteiger partial charge in [-0.1, -0.05) is 12.1 Å². The number of amides is 1. The van der Waals surface area contributed by atoms with Crippen LogP contribution in [0.2, 0.25) is 0 Å². The van der Waals surface area contributed by atoms with Crippen molar-refractivity contribution in [2.24, 2.45) is 4.99 Å². The van der Waals surface area contributed by atoms with E-state index >= 15 is 0 Å². The summed E-state index contributed by atoms with van der Waals surface area (Å²) in [5, 5.41) is 8.91. The molecular formula is C20H23F2IN4O4. The minimum Gasteiger partial charge on any atom is -0.454 e. The number of anilines is 1. The van der Waals surface area contributed by atoms with E-state index in [1.54, 1.807) is 19.2 Å². The first kappa shape index (κ1) is 24.4. The molecule has 8 nitrogen and oxygen atoms in total. The lowest BCUT2D eigenvalue weighted by molar-refractivity contribution is -0.114. The summed E-state index contributed by atoms with van der Waals surface area (Å²) in [5.41, 5.74) is 2.09. The molecule has 0 saturated heterocycles. The second-order valence-corrected chi connectivity index (χ2v) is 6.35. The Bertz CT molecular complexity index is 943. The SMILES string of the molecule is CN=C(NCc1cccc(NC(C)=O)c1)NCc1cc2c(cc1OC(F)F)OCO2.I. The van der Waals surface area contributed by atoms with E-state index in [0.29, 0.717) is 35.3 Å². The Labute approximate surface area is 195 Å². The largest absolute Gasteiger partial charge is 0.454 e. The van der Waals surface area contributed by atoms with Gasteiger partial charge in [0.15, 0.2) is 17.5 Å². The number of ether oxygens (including phenoxy) is 3. The number of guanidine groups is 1. The van der Waals surface area contributed by atoms with Crippen LogP contribution in [0.15, 0.2) is 41.4 Å². The molecule has 0 aromatic heterocycles. The zero-order valence-electron chi connectivity index (χ0n) is 16.9. The Morgan fingerprint density at radius 2 is 1.87 bits per heavy atom. The maximum Gasteiger partial charge on any atom is 0.387 e. The topological polar surface area (TPSA) is 93.2 Å². The van der Waals surface area contributed by atoms with Crippen LogP contribution in [0, 0.1) is 0 Å². The molecule has 168 valence electrons. The fraction of sp³-hybridized carbons (Fsp3) is 0.300. The number of carbonyl (C=O) groups excluding carboxylic acids is 1. The van der Waals surface area contributed by atoms with Gasteiger partial charge >= 0.3 is 6.61 Å². The van der Waals surface area contributed by atoms with E-state index < -0.39 is 6.61 Å². The summed E-state index contributed by atoms with van der Waals surface area (Å²) in [5.74, 6) is 1.13. The maximum absolute atomic E-state index is 12.8. The fourth-order valence-electron chi connectivity index (χ4n) is 2.86. The number of hydrogen-bond acceptors (Lipinski definition) is 5. The first-order valence-electron chi connectivity index (χ1n) is 9.13. The molecule has 0 spiro atoms. The van der Waals surface area contributed by atoms with E-state index in [0.717, 1.165) is 5.56 Å². The Kier molecular flexibility index (Phi) is 9.09. The Hall–Kier alpha value is -2.83. The lowest BCUT2D eigenvalue weighted by Crippen LogP contribution is -2.36. The van der Waals surface area contributed by atoms with E-state index in [4.69, 9.17) is 9.47 Å². The zero-order valence-corrected chi connectivity index (χ0v) is 19.2. The normalized spacial score (nSPS) is 12.2. The van der Waals surface area contributed by atoms with Gasteiger partial charge in [-0.15, -0.1) is 24.0 Å². The van der Waals surface area contributed by atoms with Crippen molar-refractivity contribution in [2.45, 2.75) is 26.6 Å². The summed E-state index contributed by atoms with van der Waals surface area (Å²) in [6.07, 6.45) is 0. The third-order valence-electron chi connectivity index (χ3n) is 4.15. The maximum atomic E-state index is 12.8. The third kappa shape index (κ3) is 7.12. The van der Waals surface area contributed by atoms with Gasteiger partial charge < -0.3 is 30.2 Å². The van der Waals surface area contributed by atoms with Crippen LogP contribution >= 0.6 is 24.0 Å². The van der Waals surface area contributed by atoms with Crippen molar-refractivity contribution in [3.63, 3.8) is 0 Å². The summed E-state index contributed by atoms with van der Waals surface area (Å²) in [4.78, 5) is 15.3. The molecule has 3 rings (SSSR count). The van der Waals surface area contributed by atoms with Crippen LogP contribution in [0.25, 0.3) is 0 Å². The molecule has 0 radical (unpaired) electrons. The van der Waals surface area contributed by atoms with Gasteiger partial charge in [-0.3, -0.25) is 9.79 Å². The molecule has 31 heavy (non-hydrogen) atoms. The van der Waals surface area contributed by atoms with Gasteiger partial charge in [-0.2, -0.15) is 8.78 Å². The molecule has 1 aliphatic heterocycles. The van der Waals surface area contributed by atoms with Gasteiger partial charge in [0, 0.05) is 44.4 Å². The second-order valence-electron chi connectivity index (χ2n) is 6.35. The van der Waals surface area contributed by atoms with Crippen LogP contribution in [-0.2, 0) is 17.9 Å². The molecule has 0 bridgehead atoms. The van der Waals surface area contributed by atoms with Gasteiger partial charge in [-0.25, -0.2) is 0 Å². The molecule has 2 aromatic rings. The van der Waals surface area contributed by atoms with Crippen molar-refractivity contribution < 1.29 is 27.8 Å². The number of alkyl halides is 2. The van der Waals surface area contributed by atoms with Crippen molar-refractivity contribution >= 4 is 41.5 Å². The molecule has 0 saturated carbocycles. The molecular weight excluding hydrogens is 525 g/mol. The number of nitrogens with one attached hydrogen (secondary N) is 3. The Morgan fingerprint density at radius 1 is 1.16 bits per heavy atom. The summed E-state index contributed by atoms with van der Waals surface area (Å²) < 4.78 is 40.6. The smallest absolute Gasteiger partial charge is 0.387 e. The minimum absolute atomic E-state index is 0. The van der Waals surface area contributed by atoms with E-state index in [9.17, 15) is 13.6 Å². The minimum atomic E-state index is -2.96. The van der Waals surface area contributed by atoms with Crippen LogP contribution in [0.3, 0.4) is 0 Å². The highest BCUT2D eigenvalue weighted by molar-refractivity contribution is 14.0. The van der Waals surface area contributed by atoms with E-state index in [2.05, 4.69) is 25.7 Å². The average Bonchev–Trinajstić information content (AvgIpc) is 3.14. The van der Waals surface area contributed by atoms with Crippen molar-refractivity contribution in [1.82, 2.24) is 10.6 Å². The van der Waals surface area contributed by atoms with Crippen molar-refractivity contribution in [2.75, 3.05) is 19.2 Å². The molecule has 0 atom stereocenters. The number of fused-ring (bicyclic) bond motifs is 1. The van der Waals surface area contributed by atoms with Gasteiger partial charge in [0.2, 0.25) is 12.7 Å². The van der Waals surface area contributed by atoms with Crippen molar-refractivity contribution in [1.29, 1.82) is 0 Å². The quantitative estimate of drug-likeness (QED) is 0.279. The van der Waals surface area contributed by atoms with Crippen LogP contribution < -0.4 is 30.2 Å². The molecule has 1 aliphatic rings. The predicted molar refractivity (Wildman–Crippen MR) is 122 cm³/mol. The zero-order chi connectivity index (χ0) is 21.5. The van der Waals surface area contributed by atoms with E-state index in [1.807, 2.05) is 18.2 Å². The fourth-order valence-corrected chi connectivity index (χ4v) is 2.86. The Balaban J connectivity index is 0.00000341. The number of hydrogen-bond donors (Lipinski definition) is 3. The standard InChI is InChI=1S/C20H22F2N4O4.HI/c1-12(27)26-15-5-3-4-13(6-15)9-24-20(23-2)25-10-14-7-17-18(29-11-28-17)8-16(14)30-19(21)22;/h3-8,19H,9-11H2,1-2H3,(H,26,27)(H2,23,24,25);1H. The van der Waals surface area contributed by atoms with Gasteiger partial charge in [0.1, 0.15) is 5.75 Å². The summed E-state index contributed by atoms with van der Waals surface area (Å²) >= 11 is 0. The molecule has 0 unspecified atom stereocenters. The molecule has 1 heterocycles. The predicted octanol–water partition coefficient (Wildman–Crippen LogP) is 3.46. The van der Waals surface area contributed by atoms with Crippen LogP contribution in [0.1, 0.15) is 18.1 Å².